The summed E-state index contributed by atoms with van der Waals surface area (Å²) in [6, 6.07) is 3.33. The molecule has 2 nitrogen and oxygen atoms in total. The lowest BCUT2D eigenvalue weighted by Gasteiger charge is -1.96. The highest BCUT2D eigenvalue weighted by Gasteiger charge is 2.12. The number of halogens is 3. The third-order valence-corrected chi connectivity index (χ3v) is 3.08. The number of aldehydes is 1. The van der Waals surface area contributed by atoms with Gasteiger partial charge in [-0.1, -0.05) is 40.9 Å². The van der Waals surface area contributed by atoms with Crippen LogP contribution in [-0.4, -0.2) is 11.3 Å². The van der Waals surface area contributed by atoms with Crippen molar-refractivity contribution < 1.29 is 4.79 Å². The maximum absolute atomic E-state index is 10.7. The molecule has 0 aliphatic heterocycles. The van der Waals surface area contributed by atoms with Crippen molar-refractivity contribution in [1.82, 2.24) is 4.98 Å². The summed E-state index contributed by atoms with van der Waals surface area (Å²) in [5.41, 5.74) is 0.992. The normalized spacial score (nSPS) is 10.8. The van der Waals surface area contributed by atoms with Crippen molar-refractivity contribution >= 4 is 52.0 Å². The number of carbonyl (C=O) groups is 1. The number of rotatable bonds is 1. The van der Waals surface area contributed by atoms with E-state index in [2.05, 4.69) is 4.98 Å². The van der Waals surface area contributed by atoms with Gasteiger partial charge >= 0.3 is 0 Å². The number of H-pyrrole nitrogens is 1. The van der Waals surface area contributed by atoms with Crippen LogP contribution >= 0.6 is 34.8 Å². The quantitative estimate of drug-likeness (QED) is 0.762. The van der Waals surface area contributed by atoms with E-state index in [9.17, 15) is 4.79 Å². The van der Waals surface area contributed by atoms with E-state index in [4.69, 9.17) is 34.8 Å². The number of carbonyl (C=O) groups excluding carboxylic acids is 1. The second-order valence-electron chi connectivity index (χ2n) is 2.75. The Bertz CT molecular complexity index is 518. The van der Waals surface area contributed by atoms with E-state index in [0.29, 0.717) is 32.8 Å². The van der Waals surface area contributed by atoms with Gasteiger partial charge in [0, 0.05) is 5.39 Å². The van der Waals surface area contributed by atoms with Crippen LogP contribution in [0.25, 0.3) is 10.9 Å². The summed E-state index contributed by atoms with van der Waals surface area (Å²) in [5.74, 6) is 0. The molecule has 14 heavy (non-hydrogen) atoms. The Balaban J connectivity index is 2.93. The van der Waals surface area contributed by atoms with Crippen molar-refractivity contribution in [2.24, 2.45) is 0 Å². The van der Waals surface area contributed by atoms with Gasteiger partial charge in [-0.25, -0.2) is 0 Å². The van der Waals surface area contributed by atoms with Crippen LogP contribution in [0.15, 0.2) is 12.1 Å². The van der Waals surface area contributed by atoms with E-state index in [0.717, 1.165) is 0 Å². The molecule has 0 bridgehead atoms. The third-order valence-electron chi connectivity index (χ3n) is 1.97. The molecular formula is C9H4Cl3NO. The second kappa shape index (κ2) is 3.46. The maximum atomic E-state index is 10.7. The van der Waals surface area contributed by atoms with E-state index >= 15 is 0 Å². The van der Waals surface area contributed by atoms with E-state index in [1.807, 2.05) is 0 Å². The molecule has 0 radical (unpaired) electrons. The first-order chi connectivity index (χ1) is 6.65. The molecule has 0 aliphatic rings. The predicted octanol–water partition coefficient (Wildman–Crippen LogP) is 3.94. The van der Waals surface area contributed by atoms with Gasteiger partial charge in [-0.05, 0) is 6.07 Å². The number of aromatic amines is 1. The molecule has 0 fully saturated rings. The SMILES string of the molecule is O=Cc1c(Cl)[nH]c2c(Cl)c(Cl)ccc12. The standard InChI is InChI=1S/C9H4Cl3NO/c10-6-2-1-4-5(3-14)9(12)13-8(4)7(6)11/h1-3,13H. The van der Waals surface area contributed by atoms with E-state index in [1.54, 1.807) is 12.1 Å². The van der Waals surface area contributed by atoms with Crippen molar-refractivity contribution in [3.63, 3.8) is 0 Å². The van der Waals surface area contributed by atoms with Gasteiger partial charge in [-0.15, -0.1) is 0 Å². The molecule has 0 amide bonds. The average molecular weight is 248 g/mol. The van der Waals surface area contributed by atoms with Gasteiger partial charge in [0.25, 0.3) is 0 Å². The number of fused-ring (bicyclic) bond motifs is 1. The molecule has 0 saturated heterocycles. The van der Waals surface area contributed by atoms with Gasteiger partial charge in [0.2, 0.25) is 0 Å². The Morgan fingerprint density at radius 1 is 1.21 bits per heavy atom. The van der Waals surface area contributed by atoms with Crippen LogP contribution in [0.1, 0.15) is 10.4 Å². The van der Waals surface area contributed by atoms with Crippen LogP contribution in [0.2, 0.25) is 15.2 Å². The zero-order valence-corrected chi connectivity index (χ0v) is 9.04. The molecule has 72 valence electrons. The summed E-state index contributed by atoms with van der Waals surface area (Å²) < 4.78 is 0. The molecule has 0 unspecified atom stereocenters. The Hall–Kier alpha value is -0.700. The van der Waals surface area contributed by atoms with E-state index in [1.165, 1.54) is 0 Å². The molecule has 1 N–H and O–H groups in total. The fourth-order valence-electron chi connectivity index (χ4n) is 1.31. The zero-order chi connectivity index (χ0) is 10.3. The van der Waals surface area contributed by atoms with Crippen LogP contribution < -0.4 is 0 Å². The van der Waals surface area contributed by atoms with Crippen LogP contribution in [0.5, 0.6) is 0 Å². The van der Waals surface area contributed by atoms with Crippen LogP contribution in [0, 0.1) is 0 Å². The van der Waals surface area contributed by atoms with Gasteiger partial charge in [0.15, 0.2) is 6.29 Å². The summed E-state index contributed by atoms with van der Waals surface area (Å²) >= 11 is 17.5. The van der Waals surface area contributed by atoms with Gasteiger partial charge < -0.3 is 4.98 Å². The predicted molar refractivity (Wildman–Crippen MR) is 58.7 cm³/mol. The van der Waals surface area contributed by atoms with Gasteiger partial charge in [-0.2, -0.15) is 0 Å². The fourth-order valence-corrected chi connectivity index (χ4v) is 1.92. The zero-order valence-electron chi connectivity index (χ0n) is 6.77. The largest absolute Gasteiger partial charge is 0.344 e. The van der Waals surface area contributed by atoms with Crippen LogP contribution in [0.4, 0.5) is 0 Å². The Labute approximate surface area is 94.8 Å². The molecule has 1 aromatic heterocycles. The second-order valence-corrected chi connectivity index (χ2v) is 3.92. The lowest BCUT2D eigenvalue weighted by atomic mass is 10.2. The maximum Gasteiger partial charge on any atom is 0.153 e. The molecule has 0 atom stereocenters. The van der Waals surface area contributed by atoms with Crippen molar-refractivity contribution in [1.29, 1.82) is 0 Å². The smallest absolute Gasteiger partial charge is 0.153 e. The fraction of sp³-hybridized carbons (Fsp3) is 0. The number of hydrogen-bond acceptors (Lipinski definition) is 1. The van der Waals surface area contributed by atoms with Crippen LogP contribution in [-0.2, 0) is 0 Å². The lowest BCUT2D eigenvalue weighted by Crippen LogP contribution is -1.76. The molecular weight excluding hydrogens is 244 g/mol. The Morgan fingerprint density at radius 3 is 2.57 bits per heavy atom. The monoisotopic (exact) mass is 247 g/mol. The summed E-state index contributed by atoms with van der Waals surface area (Å²) in [5, 5.41) is 1.76. The van der Waals surface area contributed by atoms with Crippen molar-refractivity contribution in [3.8, 4) is 0 Å². The molecule has 5 heteroatoms. The third kappa shape index (κ3) is 1.31. The first kappa shape index (κ1) is 9.84. The number of hydrogen-bond donors (Lipinski definition) is 1. The first-order valence-corrected chi connectivity index (χ1v) is 4.89. The first-order valence-electron chi connectivity index (χ1n) is 3.75. The molecule has 0 aliphatic carbocycles. The minimum Gasteiger partial charge on any atom is -0.344 e. The van der Waals surface area contributed by atoms with Gasteiger partial charge in [-0.3, -0.25) is 4.79 Å². The van der Waals surface area contributed by atoms with Crippen molar-refractivity contribution in [2.45, 2.75) is 0 Å². The number of nitrogens with one attached hydrogen (secondary N) is 1. The average Bonchev–Trinajstić information content (AvgIpc) is 2.49. The lowest BCUT2D eigenvalue weighted by molar-refractivity contribution is 0.112. The van der Waals surface area contributed by atoms with Crippen molar-refractivity contribution in [3.05, 3.63) is 32.9 Å². The minimum atomic E-state index is 0.277. The highest BCUT2D eigenvalue weighted by atomic mass is 35.5. The highest BCUT2D eigenvalue weighted by Crippen LogP contribution is 2.34. The molecule has 2 aromatic rings. The molecule has 1 heterocycles. The summed E-state index contributed by atoms with van der Waals surface area (Å²) in [7, 11) is 0. The number of aromatic nitrogens is 1. The van der Waals surface area contributed by atoms with Crippen LogP contribution in [0.3, 0.4) is 0 Å². The summed E-state index contributed by atoms with van der Waals surface area (Å²) in [6.45, 7) is 0. The number of benzene rings is 1. The summed E-state index contributed by atoms with van der Waals surface area (Å²) in [4.78, 5) is 13.5. The Kier molecular flexibility index (Phi) is 2.43. The molecule has 0 saturated carbocycles. The molecule has 2 rings (SSSR count). The Morgan fingerprint density at radius 2 is 1.93 bits per heavy atom. The van der Waals surface area contributed by atoms with E-state index < -0.39 is 0 Å². The van der Waals surface area contributed by atoms with E-state index in [-0.39, 0.29) is 5.15 Å². The van der Waals surface area contributed by atoms with Gasteiger partial charge in [0.1, 0.15) is 5.15 Å². The van der Waals surface area contributed by atoms with Crippen molar-refractivity contribution in [2.75, 3.05) is 0 Å². The van der Waals surface area contributed by atoms with Gasteiger partial charge in [0.05, 0.1) is 21.1 Å². The molecule has 0 spiro atoms. The minimum absolute atomic E-state index is 0.277. The molecule has 1 aromatic carbocycles. The summed E-state index contributed by atoms with van der Waals surface area (Å²) in [6.07, 6.45) is 0.686. The highest BCUT2D eigenvalue weighted by molar-refractivity contribution is 6.45. The topological polar surface area (TPSA) is 32.9 Å².